The van der Waals surface area contributed by atoms with Crippen molar-refractivity contribution in [3.63, 3.8) is 0 Å². The summed E-state index contributed by atoms with van der Waals surface area (Å²) >= 11 is 12.9. The Morgan fingerprint density at radius 1 is 1.06 bits per heavy atom. The first-order chi connectivity index (χ1) is 14.8. The average molecular weight is 475 g/mol. The quantitative estimate of drug-likeness (QED) is 0.241. The van der Waals surface area contributed by atoms with Crippen LogP contribution in [0.1, 0.15) is 11.3 Å². The number of rotatable bonds is 5. The van der Waals surface area contributed by atoms with Crippen LogP contribution in [-0.4, -0.2) is 21.0 Å². The van der Waals surface area contributed by atoms with Gasteiger partial charge < -0.3 is 4.42 Å². The number of hydrogen-bond acceptors (Lipinski definition) is 6. The number of furan rings is 1. The predicted molar refractivity (Wildman–Crippen MR) is 119 cm³/mol. The van der Waals surface area contributed by atoms with Gasteiger partial charge in [-0.15, -0.1) is 0 Å². The molecule has 1 aliphatic heterocycles. The van der Waals surface area contributed by atoms with Crippen LogP contribution in [-0.2, 0) is 11.3 Å². The van der Waals surface area contributed by atoms with Crippen LogP contribution >= 0.6 is 35.0 Å². The Kier molecular flexibility index (Phi) is 5.86. The third-order valence-electron chi connectivity index (χ3n) is 4.46. The van der Waals surface area contributed by atoms with Crippen molar-refractivity contribution in [2.24, 2.45) is 0 Å². The molecule has 1 saturated heterocycles. The fraction of sp³-hybridized carbons (Fsp3) is 0.0476. The number of benzene rings is 2. The summed E-state index contributed by atoms with van der Waals surface area (Å²) in [6.07, 6.45) is 1.49. The van der Waals surface area contributed by atoms with E-state index in [1.807, 2.05) is 0 Å². The summed E-state index contributed by atoms with van der Waals surface area (Å²) in [5.74, 6) is 0.427. The summed E-state index contributed by atoms with van der Waals surface area (Å²) in [5.41, 5.74) is 1.19. The number of non-ortho nitro benzene ring substituents is 1. The molecule has 2 amide bonds. The van der Waals surface area contributed by atoms with Gasteiger partial charge in [0.25, 0.3) is 16.8 Å². The average Bonchev–Trinajstić information content (AvgIpc) is 3.28. The molecule has 0 unspecified atom stereocenters. The number of nitro benzene ring substituents is 1. The van der Waals surface area contributed by atoms with Gasteiger partial charge in [0.05, 0.1) is 21.4 Å². The van der Waals surface area contributed by atoms with E-state index in [-0.39, 0.29) is 17.1 Å². The number of nitrogens with zero attached hydrogens (tertiary/aromatic N) is 2. The second kappa shape index (κ2) is 8.58. The van der Waals surface area contributed by atoms with Crippen molar-refractivity contribution >= 4 is 57.9 Å². The van der Waals surface area contributed by atoms with Gasteiger partial charge in [0, 0.05) is 28.8 Å². The van der Waals surface area contributed by atoms with E-state index in [0.717, 1.165) is 16.7 Å². The standard InChI is InChI=1S/C21H12Cl2N2O5S/c22-13-3-7-16(17(23)9-13)18-8-6-15(30-18)10-19-20(26)24(21(27)31-19)11-12-1-4-14(5-2-12)25(28)29/h1-10H,11H2/b19-10+. The van der Waals surface area contributed by atoms with Crippen LogP contribution in [0.5, 0.6) is 0 Å². The maximum Gasteiger partial charge on any atom is 0.293 e. The number of carbonyl (C=O) groups is 2. The van der Waals surface area contributed by atoms with E-state index in [2.05, 4.69) is 0 Å². The largest absolute Gasteiger partial charge is 0.457 e. The Hall–Kier alpha value is -3.07. The summed E-state index contributed by atoms with van der Waals surface area (Å²) in [5, 5.41) is 11.3. The van der Waals surface area contributed by atoms with Crippen molar-refractivity contribution in [1.82, 2.24) is 4.90 Å². The normalized spacial score (nSPS) is 15.2. The molecule has 0 aliphatic carbocycles. The smallest absolute Gasteiger partial charge is 0.293 e. The zero-order valence-electron chi connectivity index (χ0n) is 15.6. The van der Waals surface area contributed by atoms with Crippen LogP contribution in [0.3, 0.4) is 0 Å². The van der Waals surface area contributed by atoms with Crippen LogP contribution < -0.4 is 0 Å². The van der Waals surface area contributed by atoms with Crippen molar-refractivity contribution in [1.29, 1.82) is 0 Å². The van der Waals surface area contributed by atoms with Gasteiger partial charge in [0.2, 0.25) is 0 Å². The highest BCUT2D eigenvalue weighted by molar-refractivity contribution is 8.18. The lowest BCUT2D eigenvalue weighted by atomic mass is 10.2. The van der Waals surface area contributed by atoms with Gasteiger partial charge in [0.1, 0.15) is 11.5 Å². The molecule has 0 radical (unpaired) electrons. The molecule has 3 aromatic rings. The highest BCUT2D eigenvalue weighted by atomic mass is 35.5. The maximum absolute atomic E-state index is 12.7. The lowest BCUT2D eigenvalue weighted by Gasteiger charge is -2.12. The Bertz CT molecular complexity index is 1240. The zero-order valence-corrected chi connectivity index (χ0v) is 17.9. The summed E-state index contributed by atoms with van der Waals surface area (Å²) in [4.78, 5) is 36.6. The number of halogens is 2. The summed E-state index contributed by atoms with van der Waals surface area (Å²) in [6, 6.07) is 14.1. The van der Waals surface area contributed by atoms with Crippen LogP contribution in [0.4, 0.5) is 10.5 Å². The lowest BCUT2D eigenvalue weighted by molar-refractivity contribution is -0.384. The second-order valence-electron chi connectivity index (χ2n) is 6.52. The monoisotopic (exact) mass is 474 g/mol. The minimum absolute atomic E-state index is 0.0176. The van der Waals surface area contributed by atoms with Crippen molar-refractivity contribution in [2.45, 2.75) is 6.54 Å². The van der Waals surface area contributed by atoms with E-state index < -0.39 is 16.1 Å². The van der Waals surface area contributed by atoms with Crippen molar-refractivity contribution in [2.75, 3.05) is 0 Å². The molecular weight excluding hydrogens is 463 g/mol. The number of carbonyl (C=O) groups excluding carboxylic acids is 2. The van der Waals surface area contributed by atoms with E-state index in [9.17, 15) is 19.7 Å². The molecule has 0 bridgehead atoms. The molecule has 2 aromatic carbocycles. The molecule has 10 heteroatoms. The number of imide groups is 1. The summed E-state index contributed by atoms with van der Waals surface area (Å²) < 4.78 is 5.76. The maximum atomic E-state index is 12.7. The molecule has 0 N–H and O–H groups in total. The van der Waals surface area contributed by atoms with Crippen LogP contribution in [0.2, 0.25) is 10.0 Å². The zero-order chi connectivity index (χ0) is 22.1. The fourth-order valence-electron chi connectivity index (χ4n) is 2.94. The van der Waals surface area contributed by atoms with Gasteiger partial charge in [-0.05, 0) is 47.7 Å². The first kappa shape index (κ1) is 21.2. The Balaban J connectivity index is 1.52. The van der Waals surface area contributed by atoms with Crippen molar-refractivity contribution < 1.29 is 18.9 Å². The second-order valence-corrected chi connectivity index (χ2v) is 8.35. The molecule has 0 saturated carbocycles. The van der Waals surface area contributed by atoms with Crippen molar-refractivity contribution in [3.8, 4) is 11.3 Å². The van der Waals surface area contributed by atoms with Crippen molar-refractivity contribution in [3.05, 3.63) is 91.0 Å². The fourth-order valence-corrected chi connectivity index (χ4v) is 4.26. The topological polar surface area (TPSA) is 93.7 Å². The molecule has 1 aromatic heterocycles. The molecule has 1 aliphatic rings. The van der Waals surface area contributed by atoms with E-state index >= 15 is 0 Å². The van der Waals surface area contributed by atoms with E-state index in [1.54, 1.807) is 30.3 Å². The molecule has 31 heavy (non-hydrogen) atoms. The molecule has 156 valence electrons. The van der Waals surface area contributed by atoms with Gasteiger partial charge in [-0.2, -0.15) is 0 Å². The number of amides is 2. The SMILES string of the molecule is O=C1S/C(=C/c2ccc(-c3ccc(Cl)cc3Cl)o2)C(=O)N1Cc1ccc([N+](=O)[O-])cc1. The first-order valence-electron chi connectivity index (χ1n) is 8.86. The third-order valence-corrected chi connectivity index (χ3v) is 5.91. The van der Waals surface area contributed by atoms with E-state index in [4.69, 9.17) is 27.6 Å². The summed E-state index contributed by atoms with van der Waals surface area (Å²) in [7, 11) is 0. The van der Waals surface area contributed by atoms with Crippen LogP contribution in [0.15, 0.2) is 63.9 Å². The Labute approximate surface area is 190 Å². The van der Waals surface area contributed by atoms with Gasteiger partial charge in [-0.25, -0.2) is 0 Å². The Morgan fingerprint density at radius 2 is 1.81 bits per heavy atom. The third kappa shape index (κ3) is 4.51. The molecule has 7 nitrogen and oxygen atoms in total. The summed E-state index contributed by atoms with van der Waals surface area (Å²) in [6.45, 7) is 0.0176. The van der Waals surface area contributed by atoms with Gasteiger partial charge >= 0.3 is 0 Å². The number of nitro groups is 1. The highest BCUT2D eigenvalue weighted by Crippen LogP contribution is 2.36. The molecule has 1 fully saturated rings. The Morgan fingerprint density at radius 3 is 2.48 bits per heavy atom. The molecule has 0 spiro atoms. The van der Waals surface area contributed by atoms with Gasteiger partial charge in [0.15, 0.2) is 0 Å². The van der Waals surface area contributed by atoms with E-state index in [1.165, 1.54) is 30.3 Å². The minimum atomic E-state index is -0.512. The molecule has 2 heterocycles. The number of thioether (sulfide) groups is 1. The predicted octanol–water partition coefficient (Wildman–Crippen LogP) is 6.40. The highest BCUT2D eigenvalue weighted by Gasteiger charge is 2.35. The van der Waals surface area contributed by atoms with Gasteiger partial charge in [-0.3, -0.25) is 24.6 Å². The van der Waals surface area contributed by atoms with E-state index in [0.29, 0.717) is 32.7 Å². The van der Waals surface area contributed by atoms with Gasteiger partial charge in [-0.1, -0.05) is 35.3 Å². The van der Waals surface area contributed by atoms with Crippen LogP contribution in [0, 0.1) is 10.1 Å². The first-order valence-corrected chi connectivity index (χ1v) is 10.4. The lowest BCUT2D eigenvalue weighted by Crippen LogP contribution is -2.27. The molecule has 4 rings (SSSR count). The molecule has 0 atom stereocenters. The number of hydrogen-bond donors (Lipinski definition) is 0. The molecular formula is C21H12Cl2N2O5S. The van der Waals surface area contributed by atoms with Crippen LogP contribution in [0.25, 0.3) is 17.4 Å². The minimum Gasteiger partial charge on any atom is -0.457 e.